The molecule has 29 heavy (non-hydrogen) atoms. The molecule has 3 rings (SSSR count). The van der Waals surface area contributed by atoms with Gasteiger partial charge < -0.3 is 14.4 Å². The van der Waals surface area contributed by atoms with Gasteiger partial charge in [-0.2, -0.15) is 13.2 Å². The number of alkyl halides is 3. The molecule has 158 valence electrons. The second-order valence-corrected chi connectivity index (χ2v) is 7.86. The Morgan fingerprint density at radius 2 is 2.00 bits per heavy atom. The lowest BCUT2D eigenvalue weighted by Crippen LogP contribution is -2.42. The minimum Gasteiger partial charge on any atom is -0.334 e. The fourth-order valence-electron chi connectivity index (χ4n) is 3.35. The molecule has 1 amide bonds. The number of amides is 1. The fraction of sp³-hybridized carbons (Fsp3) is 0.524. The predicted molar refractivity (Wildman–Crippen MR) is 104 cm³/mol. The van der Waals surface area contributed by atoms with Crippen molar-refractivity contribution < 1.29 is 18.0 Å². The highest BCUT2D eigenvalue weighted by Crippen LogP contribution is 2.30. The van der Waals surface area contributed by atoms with E-state index >= 15 is 0 Å². The van der Waals surface area contributed by atoms with Gasteiger partial charge in [0.05, 0.1) is 12.1 Å². The Hall–Kier alpha value is -2.35. The summed E-state index contributed by atoms with van der Waals surface area (Å²) in [5.41, 5.74) is -0.117. The van der Waals surface area contributed by atoms with Crippen molar-refractivity contribution in [1.82, 2.24) is 19.4 Å². The van der Waals surface area contributed by atoms with Gasteiger partial charge in [0.1, 0.15) is 5.82 Å². The van der Waals surface area contributed by atoms with Gasteiger partial charge in [0.25, 0.3) is 0 Å². The molecule has 1 heterocycles. The number of hydrogen-bond donors (Lipinski definition) is 0. The van der Waals surface area contributed by atoms with Crippen LogP contribution in [0.3, 0.4) is 0 Å². The van der Waals surface area contributed by atoms with Crippen molar-refractivity contribution in [3.05, 3.63) is 53.6 Å². The Morgan fingerprint density at radius 1 is 1.24 bits per heavy atom. The Morgan fingerprint density at radius 3 is 2.62 bits per heavy atom. The van der Waals surface area contributed by atoms with E-state index < -0.39 is 11.7 Å². The number of halogens is 3. The third-order valence-corrected chi connectivity index (χ3v) is 5.32. The van der Waals surface area contributed by atoms with E-state index in [0.717, 1.165) is 37.9 Å². The number of carbonyl (C=O) groups is 1. The average molecular weight is 408 g/mol. The van der Waals surface area contributed by atoms with Crippen molar-refractivity contribution in [3.8, 4) is 0 Å². The van der Waals surface area contributed by atoms with Crippen LogP contribution >= 0.6 is 0 Å². The van der Waals surface area contributed by atoms with Gasteiger partial charge in [-0.1, -0.05) is 18.6 Å². The van der Waals surface area contributed by atoms with Gasteiger partial charge in [0.2, 0.25) is 5.91 Å². The minimum absolute atomic E-state index is 0.0871. The lowest BCUT2D eigenvalue weighted by atomic mass is 9.84. The van der Waals surface area contributed by atoms with Crippen LogP contribution in [0.5, 0.6) is 0 Å². The Kier molecular flexibility index (Phi) is 6.62. The molecule has 0 radical (unpaired) electrons. The van der Waals surface area contributed by atoms with Crippen LogP contribution in [0.25, 0.3) is 0 Å². The van der Waals surface area contributed by atoms with Crippen LogP contribution in [0.2, 0.25) is 0 Å². The maximum Gasteiger partial charge on any atom is 0.416 e. The van der Waals surface area contributed by atoms with Crippen LogP contribution in [0.15, 0.2) is 36.7 Å². The summed E-state index contributed by atoms with van der Waals surface area (Å²) in [7, 11) is 3.92. The van der Waals surface area contributed by atoms with Crippen LogP contribution in [0.1, 0.15) is 36.2 Å². The third-order valence-electron chi connectivity index (χ3n) is 5.32. The van der Waals surface area contributed by atoms with Gasteiger partial charge in [-0.05, 0) is 44.6 Å². The third kappa shape index (κ3) is 5.59. The number of imidazole rings is 1. The molecule has 0 aliphatic heterocycles. The molecule has 1 aliphatic carbocycles. The van der Waals surface area contributed by atoms with E-state index in [1.807, 2.05) is 28.5 Å². The zero-order valence-electron chi connectivity index (χ0n) is 16.8. The van der Waals surface area contributed by atoms with Crippen molar-refractivity contribution >= 4 is 5.91 Å². The molecule has 1 aromatic carbocycles. The first-order valence-corrected chi connectivity index (χ1v) is 9.83. The normalized spacial score (nSPS) is 14.8. The van der Waals surface area contributed by atoms with Crippen molar-refractivity contribution in [2.75, 3.05) is 27.2 Å². The molecule has 0 spiro atoms. The highest BCUT2D eigenvalue weighted by molar-refractivity contribution is 5.79. The summed E-state index contributed by atoms with van der Waals surface area (Å²) < 4.78 is 40.8. The molecule has 0 atom stereocenters. The molecule has 1 fully saturated rings. The van der Waals surface area contributed by atoms with Crippen LogP contribution in [-0.4, -0.2) is 52.4 Å². The molecule has 1 aliphatic rings. The van der Waals surface area contributed by atoms with E-state index in [1.54, 1.807) is 18.5 Å². The number of likely N-dealkylation sites (N-methyl/N-ethyl adjacent to an activating group) is 1. The lowest BCUT2D eigenvalue weighted by molar-refractivity contribution is -0.139. The molecule has 5 nitrogen and oxygen atoms in total. The second-order valence-electron chi connectivity index (χ2n) is 7.86. The maximum atomic E-state index is 13.0. The summed E-state index contributed by atoms with van der Waals surface area (Å²) in [6, 6.07) is 5.31. The quantitative estimate of drug-likeness (QED) is 0.670. The van der Waals surface area contributed by atoms with Gasteiger partial charge in [-0.25, -0.2) is 4.98 Å². The first-order chi connectivity index (χ1) is 13.7. The molecule has 0 unspecified atom stereocenters. The first kappa shape index (κ1) is 21.4. The van der Waals surface area contributed by atoms with Crippen LogP contribution in [0, 0.1) is 5.92 Å². The van der Waals surface area contributed by atoms with Crippen LogP contribution in [0.4, 0.5) is 13.2 Å². The molecule has 1 aromatic heterocycles. The molecule has 2 aromatic rings. The first-order valence-electron chi connectivity index (χ1n) is 9.83. The van der Waals surface area contributed by atoms with Gasteiger partial charge in [-0.15, -0.1) is 0 Å². The molecule has 1 saturated carbocycles. The number of nitrogens with zero attached hydrogens (tertiary/aromatic N) is 4. The number of aromatic nitrogens is 2. The Bertz CT molecular complexity index is 827. The fourth-order valence-corrected chi connectivity index (χ4v) is 3.35. The second kappa shape index (κ2) is 8.98. The van der Waals surface area contributed by atoms with Gasteiger partial charge in [-0.3, -0.25) is 4.79 Å². The smallest absolute Gasteiger partial charge is 0.334 e. The van der Waals surface area contributed by atoms with Gasteiger partial charge >= 0.3 is 6.18 Å². The summed E-state index contributed by atoms with van der Waals surface area (Å²) in [6.07, 6.45) is 1.94. The highest BCUT2D eigenvalue weighted by atomic mass is 19.4. The monoisotopic (exact) mass is 408 g/mol. The zero-order chi connectivity index (χ0) is 21.0. The Balaban J connectivity index is 1.74. The van der Waals surface area contributed by atoms with Gasteiger partial charge in [0.15, 0.2) is 0 Å². The topological polar surface area (TPSA) is 41.4 Å². The van der Waals surface area contributed by atoms with Gasteiger partial charge in [0, 0.05) is 37.9 Å². The van der Waals surface area contributed by atoms with E-state index in [-0.39, 0.29) is 18.4 Å². The molecule has 8 heteroatoms. The number of hydrogen-bond acceptors (Lipinski definition) is 3. The largest absolute Gasteiger partial charge is 0.416 e. The highest BCUT2D eigenvalue weighted by Gasteiger charge is 2.31. The van der Waals surface area contributed by atoms with E-state index in [4.69, 9.17) is 0 Å². The molecule has 0 N–H and O–H groups in total. The molecule has 0 bridgehead atoms. The standard InChI is InChI=1S/C21H27F3N4O/c1-26(2)11-12-28(20(29)17-6-4-7-17)15-19-25-9-10-27(19)14-16-5-3-8-18(13-16)21(22,23)24/h3,5,8-10,13,17H,4,6-7,11-12,14-15H2,1-2H3. The van der Waals surface area contributed by atoms with Crippen LogP contribution < -0.4 is 0 Å². The average Bonchev–Trinajstić information content (AvgIpc) is 3.03. The summed E-state index contributed by atoms with van der Waals surface area (Å²) >= 11 is 0. The summed E-state index contributed by atoms with van der Waals surface area (Å²) in [6.45, 7) is 1.97. The minimum atomic E-state index is -4.37. The number of carbonyl (C=O) groups excluding carboxylic acids is 1. The number of rotatable bonds is 8. The lowest BCUT2D eigenvalue weighted by Gasteiger charge is -2.32. The zero-order valence-corrected chi connectivity index (χ0v) is 16.8. The predicted octanol–water partition coefficient (Wildman–Crippen LogP) is 3.64. The van der Waals surface area contributed by atoms with E-state index in [9.17, 15) is 18.0 Å². The van der Waals surface area contributed by atoms with Crippen LogP contribution in [-0.2, 0) is 24.1 Å². The van der Waals surface area contributed by atoms with Crippen molar-refractivity contribution in [3.63, 3.8) is 0 Å². The molecule has 0 saturated heterocycles. The molecular formula is C21H27F3N4O. The maximum absolute atomic E-state index is 13.0. The van der Waals surface area contributed by atoms with Crippen molar-refractivity contribution in [1.29, 1.82) is 0 Å². The van der Waals surface area contributed by atoms with E-state index in [1.165, 1.54) is 6.07 Å². The molecular weight excluding hydrogens is 381 g/mol. The van der Waals surface area contributed by atoms with Crippen molar-refractivity contribution in [2.45, 2.75) is 38.5 Å². The van der Waals surface area contributed by atoms with E-state index in [0.29, 0.717) is 24.5 Å². The van der Waals surface area contributed by atoms with E-state index in [2.05, 4.69) is 4.98 Å². The Labute approximate surface area is 169 Å². The van der Waals surface area contributed by atoms with Crippen molar-refractivity contribution in [2.24, 2.45) is 5.92 Å². The number of benzene rings is 1. The SMILES string of the molecule is CN(C)CCN(Cc1nccn1Cc1cccc(C(F)(F)F)c1)C(=O)C1CCC1. The summed E-state index contributed by atoms with van der Waals surface area (Å²) in [5.74, 6) is 0.907. The summed E-state index contributed by atoms with van der Waals surface area (Å²) in [5, 5.41) is 0. The summed E-state index contributed by atoms with van der Waals surface area (Å²) in [4.78, 5) is 21.1.